The van der Waals surface area contributed by atoms with Gasteiger partial charge in [0, 0.05) is 0 Å². The summed E-state index contributed by atoms with van der Waals surface area (Å²) in [5.41, 5.74) is -2.23. The van der Waals surface area contributed by atoms with Gasteiger partial charge in [0.15, 0.2) is 0 Å². The first-order valence-electron chi connectivity index (χ1n) is 6.40. The van der Waals surface area contributed by atoms with Gasteiger partial charge in [-0.15, -0.1) is 0 Å². The Morgan fingerprint density at radius 3 is 2.32 bits per heavy atom. The van der Waals surface area contributed by atoms with E-state index >= 15 is 0 Å². The predicted octanol–water partition coefficient (Wildman–Crippen LogP) is 3.40. The molecular weight excluding hydrogens is 306 g/mol. The van der Waals surface area contributed by atoms with Crippen LogP contribution in [-0.2, 0) is 10.9 Å². The SMILES string of the molecule is CC(C)(C)OC(=O)N[C@H](CO)c1cc(F)cc(C(F)(F)F)c1. The van der Waals surface area contributed by atoms with Gasteiger partial charge in [-0.2, -0.15) is 13.2 Å². The quantitative estimate of drug-likeness (QED) is 0.838. The van der Waals surface area contributed by atoms with E-state index in [1.165, 1.54) is 0 Å². The third kappa shape index (κ3) is 5.51. The van der Waals surface area contributed by atoms with Crippen LogP contribution in [0, 0.1) is 5.82 Å². The molecule has 0 fully saturated rings. The van der Waals surface area contributed by atoms with Gasteiger partial charge in [0.05, 0.1) is 18.2 Å². The molecule has 0 aliphatic heterocycles. The summed E-state index contributed by atoms with van der Waals surface area (Å²) < 4.78 is 56.3. The van der Waals surface area contributed by atoms with E-state index in [-0.39, 0.29) is 5.56 Å². The molecule has 0 aromatic heterocycles. The van der Waals surface area contributed by atoms with E-state index in [1.54, 1.807) is 20.8 Å². The number of aliphatic hydroxyl groups excluding tert-OH is 1. The monoisotopic (exact) mass is 323 g/mol. The summed E-state index contributed by atoms with van der Waals surface area (Å²) >= 11 is 0. The second-order valence-electron chi connectivity index (χ2n) is 5.65. The maximum absolute atomic E-state index is 13.3. The summed E-state index contributed by atoms with van der Waals surface area (Å²) in [4.78, 5) is 11.6. The van der Waals surface area contributed by atoms with Gasteiger partial charge in [-0.05, 0) is 44.5 Å². The smallest absolute Gasteiger partial charge is 0.416 e. The van der Waals surface area contributed by atoms with Crippen LogP contribution in [-0.4, -0.2) is 23.4 Å². The van der Waals surface area contributed by atoms with Crippen LogP contribution < -0.4 is 5.32 Å². The molecule has 2 N–H and O–H groups in total. The van der Waals surface area contributed by atoms with Crippen LogP contribution in [0.1, 0.15) is 37.9 Å². The van der Waals surface area contributed by atoms with Crippen molar-refractivity contribution in [3.8, 4) is 0 Å². The first-order valence-corrected chi connectivity index (χ1v) is 6.40. The number of aliphatic hydroxyl groups is 1. The molecule has 4 nitrogen and oxygen atoms in total. The molecule has 0 unspecified atom stereocenters. The van der Waals surface area contributed by atoms with E-state index in [0.717, 1.165) is 6.07 Å². The normalized spacial score (nSPS) is 13.6. The highest BCUT2D eigenvalue weighted by atomic mass is 19.4. The third-order valence-corrected chi connectivity index (χ3v) is 2.52. The zero-order valence-corrected chi connectivity index (χ0v) is 12.3. The number of alkyl carbamates (subject to hydrolysis) is 1. The van der Waals surface area contributed by atoms with Gasteiger partial charge < -0.3 is 15.2 Å². The molecule has 1 amide bonds. The number of carbonyl (C=O) groups excluding carboxylic acids is 1. The molecule has 0 bridgehead atoms. The number of benzene rings is 1. The van der Waals surface area contributed by atoms with E-state index < -0.39 is 41.9 Å². The van der Waals surface area contributed by atoms with E-state index in [0.29, 0.717) is 12.1 Å². The minimum absolute atomic E-state index is 0.208. The second kappa shape index (κ2) is 6.51. The molecule has 8 heteroatoms. The van der Waals surface area contributed by atoms with Crippen LogP contribution >= 0.6 is 0 Å². The van der Waals surface area contributed by atoms with Crippen LogP contribution in [0.5, 0.6) is 0 Å². The number of carbonyl (C=O) groups is 1. The fourth-order valence-corrected chi connectivity index (χ4v) is 1.66. The lowest BCUT2D eigenvalue weighted by Gasteiger charge is -2.23. The minimum atomic E-state index is -4.73. The first-order chi connectivity index (χ1) is 9.92. The lowest BCUT2D eigenvalue weighted by Crippen LogP contribution is -2.36. The van der Waals surface area contributed by atoms with Gasteiger partial charge in [-0.3, -0.25) is 0 Å². The van der Waals surface area contributed by atoms with E-state index in [9.17, 15) is 27.5 Å². The summed E-state index contributed by atoms with van der Waals surface area (Å²) in [6.07, 6.45) is -5.66. The lowest BCUT2D eigenvalue weighted by atomic mass is 10.0. The van der Waals surface area contributed by atoms with Crippen molar-refractivity contribution in [1.82, 2.24) is 5.32 Å². The van der Waals surface area contributed by atoms with Crippen molar-refractivity contribution in [1.29, 1.82) is 0 Å². The molecule has 0 heterocycles. The second-order valence-corrected chi connectivity index (χ2v) is 5.65. The van der Waals surface area contributed by atoms with E-state index in [1.807, 2.05) is 0 Å². The fraction of sp³-hybridized carbons (Fsp3) is 0.500. The summed E-state index contributed by atoms with van der Waals surface area (Å²) in [6, 6.07) is 0.604. The van der Waals surface area contributed by atoms with Gasteiger partial charge in [0.25, 0.3) is 0 Å². The molecule has 1 atom stereocenters. The topological polar surface area (TPSA) is 58.6 Å². The van der Waals surface area contributed by atoms with Gasteiger partial charge in [-0.1, -0.05) is 0 Å². The zero-order chi connectivity index (χ0) is 17.1. The molecule has 0 radical (unpaired) electrons. The van der Waals surface area contributed by atoms with Gasteiger partial charge >= 0.3 is 12.3 Å². The Labute approximate surface area is 125 Å². The van der Waals surface area contributed by atoms with Crippen molar-refractivity contribution in [3.63, 3.8) is 0 Å². The van der Waals surface area contributed by atoms with Crippen molar-refractivity contribution >= 4 is 6.09 Å². The Morgan fingerprint density at radius 2 is 1.86 bits per heavy atom. The number of nitrogens with one attached hydrogen (secondary N) is 1. The summed E-state index contributed by atoms with van der Waals surface area (Å²) in [6.45, 7) is 4.10. The molecule has 1 aromatic carbocycles. The van der Waals surface area contributed by atoms with Gasteiger partial charge in [0.1, 0.15) is 11.4 Å². The Kier molecular flexibility index (Phi) is 5.39. The van der Waals surface area contributed by atoms with Crippen LogP contribution in [0.15, 0.2) is 18.2 Å². The Bertz CT molecular complexity index is 538. The van der Waals surface area contributed by atoms with Gasteiger partial charge in [-0.25, -0.2) is 9.18 Å². The van der Waals surface area contributed by atoms with Crippen LogP contribution in [0.2, 0.25) is 0 Å². The average molecular weight is 323 g/mol. The number of hydrogen-bond donors (Lipinski definition) is 2. The van der Waals surface area contributed by atoms with Gasteiger partial charge in [0.2, 0.25) is 0 Å². The maximum Gasteiger partial charge on any atom is 0.416 e. The number of alkyl halides is 3. The van der Waals surface area contributed by atoms with Crippen LogP contribution in [0.25, 0.3) is 0 Å². The highest BCUT2D eigenvalue weighted by Crippen LogP contribution is 2.31. The largest absolute Gasteiger partial charge is 0.444 e. The first kappa shape index (κ1) is 18.2. The van der Waals surface area contributed by atoms with Crippen molar-refractivity contribution < 1.29 is 32.2 Å². The summed E-state index contributed by atoms with van der Waals surface area (Å²) in [7, 11) is 0. The molecule has 0 saturated carbocycles. The van der Waals surface area contributed by atoms with Crippen LogP contribution in [0.4, 0.5) is 22.4 Å². The van der Waals surface area contributed by atoms with Crippen molar-refractivity contribution in [3.05, 3.63) is 35.1 Å². The number of rotatable bonds is 3. The maximum atomic E-state index is 13.3. The minimum Gasteiger partial charge on any atom is -0.444 e. The molecule has 0 saturated heterocycles. The highest BCUT2D eigenvalue weighted by Gasteiger charge is 2.32. The van der Waals surface area contributed by atoms with E-state index in [2.05, 4.69) is 5.32 Å². The van der Waals surface area contributed by atoms with E-state index in [4.69, 9.17) is 4.74 Å². The highest BCUT2D eigenvalue weighted by molar-refractivity contribution is 5.68. The summed E-state index contributed by atoms with van der Waals surface area (Å²) in [5, 5.41) is 11.4. The average Bonchev–Trinajstić information content (AvgIpc) is 2.31. The molecule has 0 aliphatic rings. The predicted molar refractivity (Wildman–Crippen MR) is 70.6 cm³/mol. The Balaban J connectivity index is 3.00. The van der Waals surface area contributed by atoms with Crippen LogP contribution in [0.3, 0.4) is 0 Å². The molecule has 0 aliphatic carbocycles. The number of amides is 1. The Hall–Kier alpha value is -1.83. The summed E-state index contributed by atoms with van der Waals surface area (Å²) in [5.74, 6) is -1.12. The van der Waals surface area contributed by atoms with Crippen molar-refractivity contribution in [2.75, 3.05) is 6.61 Å². The molecule has 124 valence electrons. The zero-order valence-electron chi connectivity index (χ0n) is 12.3. The lowest BCUT2D eigenvalue weighted by molar-refractivity contribution is -0.137. The number of ether oxygens (including phenoxy) is 1. The standard InChI is InChI=1S/C14H17F4NO3/c1-13(2,3)22-12(21)19-11(7-20)8-4-9(14(16,17)18)6-10(15)5-8/h4-6,11,20H,7H2,1-3H3,(H,19,21)/t11-/m1/s1. The van der Waals surface area contributed by atoms with Crippen molar-refractivity contribution in [2.45, 2.75) is 38.6 Å². The molecule has 1 aromatic rings. The molecule has 22 heavy (non-hydrogen) atoms. The third-order valence-electron chi connectivity index (χ3n) is 2.52. The molecular formula is C14H17F4NO3. The fourth-order valence-electron chi connectivity index (χ4n) is 1.66. The number of halogens is 4. The Morgan fingerprint density at radius 1 is 1.27 bits per heavy atom. The number of hydrogen-bond acceptors (Lipinski definition) is 3. The molecule has 1 rings (SSSR count). The van der Waals surface area contributed by atoms with Crippen molar-refractivity contribution in [2.24, 2.45) is 0 Å². The molecule has 0 spiro atoms.